The molecule has 0 unspecified atom stereocenters. The monoisotopic (exact) mass is 649 g/mol. The molecule has 2 N–H and O–H groups in total. The Hall–Kier alpha value is -5.59. The fraction of sp³-hybridized carbons (Fsp3) is 0.121. The number of anilines is 1. The SMILES string of the molecule is COCCNc1ccc2cc(C#N)c3nc4ccccc4n3c2n1.N#CCc1nc2ccccc2[nH]1.O=Cc1ccc(Cl)nc1Cl. The zero-order valence-corrected chi connectivity index (χ0v) is 25.9. The summed E-state index contributed by atoms with van der Waals surface area (Å²) in [4.78, 5) is 30.4. The molecule has 7 rings (SSSR count). The second-order valence-electron chi connectivity index (χ2n) is 9.63. The van der Waals surface area contributed by atoms with Crippen molar-refractivity contribution in [3.63, 3.8) is 0 Å². The molecule has 0 aliphatic carbocycles. The van der Waals surface area contributed by atoms with E-state index in [1.807, 2.05) is 71.1 Å². The maximum absolute atomic E-state index is 10.2. The number of fused-ring (bicyclic) bond motifs is 6. The molecule has 0 fully saturated rings. The van der Waals surface area contributed by atoms with E-state index in [9.17, 15) is 10.1 Å². The van der Waals surface area contributed by atoms with E-state index in [0.29, 0.717) is 42.6 Å². The average molecular weight is 651 g/mol. The van der Waals surface area contributed by atoms with Gasteiger partial charge in [0.1, 0.15) is 33.7 Å². The number of nitrogens with zero attached hydrogens (tertiary/aromatic N) is 7. The topological polar surface area (TPSA) is 158 Å². The van der Waals surface area contributed by atoms with E-state index in [1.165, 1.54) is 12.1 Å². The van der Waals surface area contributed by atoms with Crippen LogP contribution in [0.2, 0.25) is 10.3 Å². The first-order chi connectivity index (χ1) is 22.4. The summed E-state index contributed by atoms with van der Waals surface area (Å²) in [6, 6.07) is 28.6. The molecule has 0 aliphatic heterocycles. The molecule has 7 aromatic rings. The van der Waals surface area contributed by atoms with Gasteiger partial charge in [0.05, 0.1) is 52.3 Å². The van der Waals surface area contributed by atoms with Crippen molar-refractivity contribution >= 4 is 74.1 Å². The average Bonchev–Trinajstić information content (AvgIpc) is 3.67. The smallest absolute Gasteiger partial charge is 0.157 e. The third kappa shape index (κ3) is 7.20. The lowest BCUT2D eigenvalue weighted by Gasteiger charge is -2.08. The molecule has 5 aromatic heterocycles. The molecule has 0 amide bonds. The second kappa shape index (κ2) is 14.9. The lowest BCUT2D eigenvalue weighted by molar-refractivity contribution is 0.112. The van der Waals surface area contributed by atoms with Crippen LogP contribution in [0.1, 0.15) is 21.7 Å². The zero-order valence-electron chi connectivity index (χ0n) is 24.4. The van der Waals surface area contributed by atoms with Gasteiger partial charge in [0, 0.05) is 19.0 Å². The first-order valence-electron chi connectivity index (χ1n) is 13.9. The van der Waals surface area contributed by atoms with Crippen molar-refractivity contribution in [1.82, 2.24) is 29.3 Å². The Morgan fingerprint density at radius 1 is 0.935 bits per heavy atom. The number of halogens is 2. The van der Waals surface area contributed by atoms with Crippen LogP contribution >= 0.6 is 23.2 Å². The Kier molecular flexibility index (Phi) is 10.3. The van der Waals surface area contributed by atoms with Crippen molar-refractivity contribution in [1.29, 1.82) is 10.5 Å². The standard InChI is InChI=1S/C18H15N5O.C9H7N3.C6H3Cl2NO/c1-24-9-8-20-16-7-6-12-10-13(11-19)18-21-14-4-2-3-5-15(14)23(18)17(12)22-16;10-6-5-9-11-7-3-1-2-4-8(7)12-9;7-5-2-1-4(3-10)6(8)9-5/h2-7,10H,8-9H2,1H3,(H,20,22);1-4H,5H2,(H,11,12);1-3H. The fourth-order valence-electron chi connectivity index (χ4n) is 4.53. The van der Waals surface area contributed by atoms with Crippen LogP contribution in [0.3, 0.4) is 0 Å². The number of pyridine rings is 3. The van der Waals surface area contributed by atoms with E-state index in [0.717, 1.165) is 44.7 Å². The largest absolute Gasteiger partial charge is 0.383 e. The number of imidazole rings is 2. The molecule has 0 aliphatic rings. The third-order valence-electron chi connectivity index (χ3n) is 6.61. The summed E-state index contributed by atoms with van der Waals surface area (Å²) in [5.41, 5.74) is 6.00. The molecule has 0 saturated carbocycles. The van der Waals surface area contributed by atoms with Crippen LogP contribution in [0.4, 0.5) is 5.82 Å². The molecule has 11 nitrogen and oxygen atoms in total. The van der Waals surface area contributed by atoms with Gasteiger partial charge in [-0.3, -0.25) is 9.20 Å². The van der Waals surface area contributed by atoms with Gasteiger partial charge in [-0.1, -0.05) is 47.5 Å². The van der Waals surface area contributed by atoms with Gasteiger partial charge in [-0.25, -0.2) is 19.9 Å². The molecular weight excluding hydrogens is 625 g/mol. The van der Waals surface area contributed by atoms with Gasteiger partial charge in [0.15, 0.2) is 11.9 Å². The molecule has 0 spiro atoms. The Balaban J connectivity index is 0.000000157. The molecule has 0 bridgehead atoms. The highest BCUT2D eigenvalue weighted by Gasteiger charge is 2.13. The minimum atomic E-state index is 0.141. The van der Waals surface area contributed by atoms with E-state index >= 15 is 0 Å². The summed E-state index contributed by atoms with van der Waals surface area (Å²) in [5, 5.41) is 22.5. The van der Waals surface area contributed by atoms with Crippen molar-refractivity contribution in [2.24, 2.45) is 0 Å². The van der Waals surface area contributed by atoms with Crippen LogP contribution in [0.5, 0.6) is 0 Å². The van der Waals surface area contributed by atoms with Crippen molar-refractivity contribution in [3.05, 3.63) is 106 Å². The van der Waals surface area contributed by atoms with E-state index in [4.69, 9.17) is 38.2 Å². The minimum Gasteiger partial charge on any atom is -0.383 e. The highest BCUT2D eigenvalue weighted by molar-refractivity contribution is 6.33. The molecule has 228 valence electrons. The molecule has 46 heavy (non-hydrogen) atoms. The lowest BCUT2D eigenvalue weighted by atomic mass is 10.2. The van der Waals surface area contributed by atoms with E-state index in [2.05, 4.69) is 37.4 Å². The predicted molar refractivity (Wildman–Crippen MR) is 178 cm³/mol. The highest BCUT2D eigenvalue weighted by Crippen LogP contribution is 2.26. The van der Waals surface area contributed by atoms with Gasteiger partial charge in [0.2, 0.25) is 0 Å². The quantitative estimate of drug-likeness (QED) is 0.112. The van der Waals surface area contributed by atoms with Crippen LogP contribution < -0.4 is 5.32 Å². The van der Waals surface area contributed by atoms with E-state index in [-0.39, 0.29) is 10.3 Å². The highest BCUT2D eigenvalue weighted by atomic mass is 35.5. The van der Waals surface area contributed by atoms with Gasteiger partial charge in [-0.2, -0.15) is 10.5 Å². The second-order valence-corrected chi connectivity index (χ2v) is 10.4. The minimum absolute atomic E-state index is 0.141. The number of carbonyl (C=O) groups excluding carboxylic acids is 1. The van der Waals surface area contributed by atoms with Crippen molar-refractivity contribution in [2.45, 2.75) is 6.42 Å². The molecule has 2 aromatic carbocycles. The third-order valence-corrected chi connectivity index (χ3v) is 7.12. The number of aldehydes is 1. The van der Waals surface area contributed by atoms with Crippen LogP contribution in [0.15, 0.2) is 78.9 Å². The summed E-state index contributed by atoms with van der Waals surface area (Å²) in [6.07, 6.45) is 0.973. The van der Waals surface area contributed by atoms with Crippen LogP contribution in [-0.2, 0) is 11.2 Å². The Labute approximate surface area is 273 Å². The predicted octanol–water partition coefficient (Wildman–Crippen LogP) is 6.80. The lowest BCUT2D eigenvalue weighted by Crippen LogP contribution is -2.09. The zero-order chi connectivity index (χ0) is 32.5. The Bertz CT molecular complexity index is 2220. The van der Waals surface area contributed by atoms with Crippen molar-refractivity contribution in [3.8, 4) is 12.1 Å². The number of ether oxygens (including phenoxy) is 1. The molecular formula is C33H25Cl2N9O2. The van der Waals surface area contributed by atoms with Crippen LogP contribution in [-0.4, -0.2) is 55.9 Å². The van der Waals surface area contributed by atoms with Crippen LogP contribution in [0.25, 0.3) is 38.7 Å². The molecule has 0 atom stereocenters. The van der Waals surface area contributed by atoms with Gasteiger partial charge in [-0.15, -0.1) is 0 Å². The van der Waals surface area contributed by atoms with E-state index < -0.39 is 0 Å². The number of hydrogen-bond donors (Lipinski definition) is 2. The van der Waals surface area contributed by atoms with Crippen molar-refractivity contribution in [2.75, 3.05) is 25.6 Å². The number of H-pyrrole nitrogens is 1. The van der Waals surface area contributed by atoms with E-state index in [1.54, 1.807) is 7.11 Å². The molecule has 0 saturated heterocycles. The van der Waals surface area contributed by atoms with Gasteiger partial charge < -0.3 is 15.0 Å². The normalized spacial score (nSPS) is 10.5. The summed E-state index contributed by atoms with van der Waals surface area (Å²) in [6.45, 7) is 1.29. The summed E-state index contributed by atoms with van der Waals surface area (Å²) < 4.78 is 7.00. The fourth-order valence-corrected chi connectivity index (χ4v) is 4.92. The first-order valence-corrected chi connectivity index (χ1v) is 14.6. The Morgan fingerprint density at radius 3 is 2.43 bits per heavy atom. The maximum atomic E-state index is 10.2. The Morgan fingerprint density at radius 2 is 1.72 bits per heavy atom. The van der Waals surface area contributed by atoms with Gasteiger partial charge in [0.25, 0.3) is 0 Å². The number of nitriles is 2. The summed E-state index contributed by atoms with van der Waals surface area (Å²) in [5.74, 6) is 1.50. The number of aromatic nitrogens is 6. The number of para-hydroxylation sites is 4. The molecule has 5 heterocycles. The van der Waals surface area contributed by atoms with Gasteiger partial charge in [-0.05, 0) is 54.6 Å². The number of carbonyl (C=O) groups is 1. The number of nitrogens with one attached hydrogen (secondary N) is 2. The number of aromatic amines is 1. The number of benzene rings is 2. The summed E-state index contributed by atoms with van der Waals surface area (Å²) >= 11 is 11.0. The van der Waals surface area contributed by atoms with Crippen molar-refractivity contribution < 1.29 is 9.53 Å². The first kappa shape index (κ1) is 31.8. The summed E-state index contributed by atoms with van der Waals surface area (Å²) in [7, 11) is 1.67. The number of methoxy groups -OCH3 is 1. The maximum Gasteiger partial charge on any atom is 0.157 e. The number of hydrogen-bond acceptors (Lipinski definition) is 9. The van der Waals surface area contributed by atoms with Gasteiger partial charge >= 0.3 is 0 Å². The number of rotatable bonds is 6. The molecule has 13 heteroatoms. The van der Waals surface area contributed by atoms with Crippen LogP contribution in [0, 0.1) is 22.7 Å². The molecule has 0 radical (unpaired) electrons.